The lowest BCUT2D eigenvalue weighted by atomic mass is 9.98. The van der Waals surface area contributed by atoms with E-state index >= 15 is 0 Å². The van der Waals surface area contributed by atoms with Gasteiger partial charge in [-0.15, -0.1) is 5.06 Å². The molecule has 1 aliphatic carbocycles. The van der Waals surface area contributed by atoms with Gasteiger partial charge in [0.25, 0.3) is 11.8 Å². The van der Waals surface area contributed by atoms with Crippen molar-refractivity contribution >= 4 is 23.9 Å². The molecule has 0 saturated carbocycles. The van der Waals surface area contributed by atoms with Gasteiger partial charge < -0.3 is 20.0 Å². The van der Waals surface area contributed by atoms with Crippen LogP contribution in [0.1, 0.15) is 36.8 Å². The Morgan fingerprint density at radius 1 is 1.03 bits per heavy atom. The number of ether oxygens (including phenoxy) is 1. The number of imide groups is 1. The minimum atomic E-state index is -1.52. The third-order valence-electron chi connectivity index (χ3n) is 5.54. The first-order valence-corrected chi connectivity index (χ1v) is 10.2. The predicted octanol–water partition coefficient (Wildman–Crippen LogP) is 1.88. The van der Waals surface area contributed by atoms with E-state index in [0.717, 1.165) is 22.3 Å². The van der Waals surface area contributed by atoms with Gasteiger partial charge in [-0.2, -0.15) is 0 Å². The fourth-order valence-corrected chi connectivity index (χ4v) is 3.95. The smallest absolute Gasteiger partial charge is 0.407 e. The molecular formula is C23H22N2O7. The second kappa shape index (κ2) is 8.80. The molecule has 1 aliphatic heterocycles. The van der Waals surface area contributed by atoms with Crippen LogP contribution in [-0.2, 0) is 24.0 Å². The van der Waals surface area contributed by atoms with Crippen LogP contribution < -0.4 is 5.32 Å². The maximum Gasteiger partial charge on any atom is 0.407 e. The predicted molar refractivity (Wildman–Crippen MR) is 111 cm³/mol. The van der Waals surface area contributed by atoms with E-state index in [1.54, 1.807) is 0 Å². The molecule has 9 nitrogen and oxygen atoms in total. The Balaban J connectivity index is 1.41. The molecule has 2 aromatic rings. The molecule has 3 amide bonds. The fraction of sp³-hybridized carbons (Fsp3) is 0.304. The van der Waals surface area contributed by atoms with Crippen molar-refractivity contribution in [2.24, 2.45) is 0 Å². The van der Waals surface area contributed by atoms with Gasteiger partial charge >= 0.3 is 12.1 Å². The monoisotopic (exact) mass is 438 g/mol. The highest BCUT2D eigenvalue weighted by Crippen LogP contribution is 2.44. The Morgan fingerprint density at radius 2 is 1.56 bits per heavy atom. The number of hydroxylamine groups is 2. The molecule has 166 valence electrons. The van der Waals surface area contributed by atoms with Gasteiger partial charge in [0.1, 0.15) is 6.61 Å². The zero-order valence-electron chi connectivity index (χ0n) is 17.3. The average molecular weight is 438 g/mol. The highest BCUT2D eigenvalue weighted by molar-refractivity contribution is 6.02. The zero-order valence-corrected chi connectivity index (χ0v) is 17.3. The van der Waals surface area contributed by atoms with Gasteiger partial charge in [0.15, 0.2) is 6.04 Å². The first-order chi connectivity index (χ1) is 15.4. The number of carbonyl (C=O) groups is 4. The van der Waals surface area contributed by atoms with Crippen LogP contribution in [0.25, 0.3) is 11.1 Å². The molecule has 32 heavy (non-hydrogen) atoms. The Hall–Kier alpha value is -3.72. The SMILES string of the molecule is C[C@@H](O)[C@H](NC(=O)OCC1c2ccccc2-c2ccccc21)C(=O)ON1C(=O)CCC1=O. The van der Waals surface area contributed by atoms with Gasteiger partial charge in [-0.3, -0.25) is 9.59 Å². The summed E-state index contributed by atoms with van der Waals surface area (Å²) in [6.45, 7) is 1.29. The summed E-state index contributed by atoms with van der Waals surface area (Å²) in [5.74, 6) is -2.63. The Kier molecular flexibility index (Phi) is 5.91. The van der Waals surface area contributed by atoms with E-state index in [1.165, 1.54) is 6.92 Å². The van der Waals surface area contributed by atoms with Crippen molar-refractivity contribution in [3.63, 3.8) is 0 Å². The number of nitrogens with zero attached hydrogens (tertiary/aromatic N) is 1. The molecule has 0 spiro atoms. The van der Waals surface area contributed by atoms with E-state index in [2.05, 4.69) is 5.32 Å². The highest BCUT2D eigenvalue weighted by Gasteiger charge is 2.37. The standard InChI is InChI=1S/C23H22N2O7/c1-13(26)21(22(29)32-25-19(27)10-11-20(25)28)24-23(30)31-12-18-16-8-4-2-6-14(16)15-7-3-5-9-17(15)18/h2-9,13,18,21,26H,10-12H2,1H3,(H,24,30)/t13-,21+/m1/s1. The van der Waals surface area contributed by atoms with Gasteiger partial charge in [-0.25, -0.2) is 9.59 Å². The lowest BCUT2D eigenvalue weighted by Gasteiger charge is -2.22. The Morgan fingerprint density at radius 3 is 2.09 bits per heavy atom. The van der Waals surface area contributed by atoms with Gasteiger partial charge in [0.05, 0.1) is 6.10 Å². The Bertz CT molecular complexity index is 1020. The molecule has 2 N–H and O–H groups in total. The van der Waals surface area contributed by atoms with Crippen molar-refractivity contribution in [2.45, 2.75) is 37.8 Å². The van der Waals surface area contributed by atoms with Crippen molar-refractivity contribution in [3.8, 4) is 11.1 Å². The summed E-state index contributed by atoms with van der Waals surface area (Å²) in [4.78, 5) is 52.8. The molecule has 9 heteroatoms. The second-order valence-electron chi connectivity index (χ2n) is 7.68. The van der Waals surface area contributed by atoms with Gasteiger partial charge in [-0.05, 0) is 29.2 Å². The fourth-order valence-electron chi connectivity index (χ4n) is 3.95. The summed E-state index contributed by atoms with van der Waals surface area (Å²) in [6, 6.07) is 14.2. The number of hydrogen-bond donors (Lipinski definition) is 2. The maximum absolute atomic E-state index is 12.4. The number of amides is 3. The third-order valence-corrected chi connectivity index (χ3v) is 5.54. The molecule has 2 atom stereocenters. The second-order valence-corrected chi connectivity index (χ2v) is 7.68. The molecular weight excluding hydrogens is 416 g/mol. The van der Waals surface area contributed by atoms with Crippen molar-refractivity contribution in [1.82, 2.24) is 10.4 Å². The lowest BCUT2D eigenvalue weighted by molar-refractivity contribution is -0.200. The summed E-state index contributed by atoms with van der Waals surface area (Å²) in [7, 11) is 0. The quantitative estimate of drug-likeness (QED) is 0.661. The number of aliphatic hydroxyl groups is 1. The van der Waals surface area contributed by atoms with Crippen molar-refractivity contribution in [1.29, 1.82) is 0 Å². The number of aliphatic hydroxyl groups excluding tert-OH is 1. The van der Waals surface area contributed by atoms with E-state index in [0.29, 0.717) is 5.06 Å². The van der Waals surface area contributed by atoms with Crippen LogP contribution in [0.5, 0.6) is 0 Å². The topological polar surface area (TPSA) is 122 Å². The van der Waals surface area contributed by atoms with E-state index in [-0.39, 0.29) is 25.4 Å². The van der Waals surface area contributed by atoms with Crippen LogP contribution in [0.3, 0.4) is 0 Å². The van der Waals surface area contributed by atoms with Crippen LogP contribution in [-0.4, -0.2) is 52.8 Å². The van der Waals surface area contributed by atoms with Crippen LogP contribution in [0.15, 0.2) is 48.5 Å². The normalized spacial score (nSPS) is 16.9. The van der Waals surface area contributed by atoms with Crippen molar-refractivity contribution < 1.29 is 33.9 Å². The molecule has 4 rings (SSSR count). The number of benzene rings is 2. The van der Waals surface area contributed by atoms with Crippen LogP contribution in [0.4, 0.5) is 4.79 Å². The van der Waals surface area contributed by atoms with Gasteiger partial charge in [-0.1, -0.05) is 48.5 Å². The molecule has 0 radical (unpaired) electrons. The molecule has 1 heterocycles. The minimum absolute atomic E-state index is 0.0184. The molecule has 1 fully saturated rings. The molecule has 0 aromatic heterocycles. The number of rotatable bonds is 6. The number of alkyl carbamates (subject to hydrolysis) is 1. The van der Waals surface area contributed by atoms with Crippen LogP contribution in [0.2, 0.25) is 0 Å². The van der Waals surface area contributed by atoms with Gasteiger partial charge in [0, 0.05) is 18.8 Å². The summed E-state index contributed by atoms with van der Waals surface area (Å²) < 4.78 is 5.37. The first kappa shape index (κ1) is 21.5. The zero-order chi connectivity index (χ0) is 22.8. The van der Waals surface area contributed by atoms with Crippen LogP contribution >= 0.6 is 0 Å². The van der Waals surface area contributed by atoms with E-state index in [1.807, 2.05) is 48.5 Å². The van der Waals surface area contributed by atoms with Crippen molar-refractivity contribution in [2.75, 3.05) is 6.61 Å². The van der Waals surface area contributed by atoms with E-state index in [4.69, 9.17) is 9.57 Å². The summed E-state index contributed by atoms with van der Waals surface area (Å²) in [5.41, 5.74) is 4.20. The van der Waals surface area contributed by atoms with E-state index < -0.39 is 36.0 Å². The van der Waals surface area contributed by atoms with E-state index in [9.17, 15) is 24.3 Å². The highest BCUT2D eigenvalue weighted by atomic mass is 16.7. The molecule has 0 unspecified atom stereocenters. The summed E-state index contributed by atoms with van der Waals surface area (Å²) in [5, 5.41) is 12.5. The number of nitrogens with one attached hydrogen (secondary N) is 1. The molecule has 0 bridgehead atoms. The molecule has 2 aliphatic rings. The van der Waals surface area contributed by atoms with Gasteiger partial charge in [0.2, 0.25) is 0 Å². The summed E-state index contributed by atoms with van der Waals surface area (Å²) in [6.07, 6.45) is -2.42. The summed E-state index contributed by atoms with van der Waals surface area (Å²) >= 11 is 0. The Labute approximate surface area is 183 Å². The lowest BCUT2D eigenvalue weighted by Crippen LogP contribution is -2.51. The molecule has 1 saturated heterocycles. The third kappa shape index (κ3) is 4.06. The van der Waals surface area contributed by atoms with Crippen LogP contribution in [0, 0.1) is 0 Å². The largest absolute Gasteiger partial charge is 0.449 e. The first-order valence-electron chi connectivity index (χ1n) is 10.2. The minimum Gasteiger partial charge on any atom is -0.449 e. The van der Waals surface area contributed by atoms with Crippen molar-refractivity contribution in [3.05, 3.63) is 59.7 Å². The number of fused-ring (bicyclic) bond motifs is 3. The maximum atomic E-state index is 12.4. The number of hydrogen-bond acceptors (Lipinski definition) is 7. The number of carbonyl (C=O) groups excluding carboxylic acids is 4. The molecule has 2 aromatic carbocycles. The average Bonchev–Trinajstić information content (AvgIpc) is 3.27.